The predicted molar refractivity (Wildman–Crippen MR) is 71.7 cm³/mol. The number of amides is 2. The van der Waals surface area contributed by atoms with Crippen LogP contribution in [0.15, 0.2) is 30.3 Å². The van der Waals surface area contributed by atoms with Crippen LogP contribution in [0, 0.1) is 0 Å². The largest absolute Gasteiger partial charge is 0.326 e. The molecule has 0 spiro atoms. The summed E-state index contributed by atoms with van der Waals surface area (Å²) in [6.45, 7) is 1.19. The lowest BCUT2D eigenvalue weighted by atomic mass is 10.3. The average Bonchev–Trinajstić information content (AvgIpc) is 2.43. The third-order valence-electron chi connectivity index (χ3n) is 2.47. The van der Waals surface area contributed by atoms with Gasteiger partial charge in [-0.3, -0.25) is 14.8 Å². The lowest BCUT2D eigenvalue weighted by molar-refractivity contribution is -0.129. The van der Waals surface area contributed by atoms with Gasteiger partial charge in [0.2, 0.25) is 11.8 Å². The molecule has 0 heterocycles. The zero-order valence-electron chi connectivity index (χ0n) is 10.7. The Hall–Kier alpha value is -1.92. The molecular formula is C13H19N3O3. The SMILES string of the molecule is O=C(CCCNCCC(=O)Nc1ccccc1)NO. The number of benzene rings is 1. The van der Waals surface area contributed by atoms with Crippen molar-refractivity contribution in [2.75, 3.05) is 18.4 Å². The molecular weight excluding hydrogens is 246 g/mol. The van der Waals surface area contributed by atoms with Gasteiger partial charge in [-0.1, -0.05) is 18.2 Å². The van der Waals surface area contributed by atoms with E-state index < -0.39 is 5.91 Å². The van der Waals surface area contributed by atoms with Crippen LogP contribution < -0.4 is 16.1 Å². The van der Waals surface area contributed by atoms with Crippen molar-refractivity contribution in [2.24, 2.45) is 0 Å². The molecule has 0 fully saturated rings. The Bertz CT molecular complexity index is 395. The van der Waals surface area contributed by atoms with Crippen LogP contribution in [0.3, 0.4) is 0 Å². The van der Waals surface area contributed by atoms with Crippen LogP contribution >= 0.6 is 0 Å². The first-order valence-electron chi connectivity index (χ1n) is 6.21. The van der Waals surface area contributed by atoms with Gasteiger partial charge in [0.1, 0.15) is 0 Å². The fourth-order valence-electron chi connectivity index (χ4n) is 1.50. The lowest BCUT2D eigenvalue weighted by Crippen LogP contribution is -2.24. The van der Waals surface area contributed by atoms with Gasteiger partial charge in [-0.25, -0.2) is 5.48 Å². The molecule has 2 amide bonds. The molecule has 0 bridgehead atoms. The summed E-state index contributed by atoms with van der Waals surface area (Å²) < 4.78 is 0. The molecule has 19 heavy (non-hydrogen) atoms. The molecule has 0 saturated heterocycles. The maximum absolute atomic E-state index is 11.6. The van der Waals surface area contributed by atoms with Crippen molar-refractivity contribution >= 4 is 17.5 Å². The van der Waals surface area contributed by atoms with Crippen molar-refractivity contribution in [3.8, 4) is 0 Å². The number of carbonyl (C=O) groups is 2. The van der Waals surface area contributed by atoms with Crippen LogP contribution in [0.2, 0.25) is 0 Å². The molecule has 1 aromatic rings. The lowest BCUT2D eigenvalue weighted by Gasteiger charge is -2.06. The van der Waals surface area contributed by atoms with Crippen molar-refractivity contribution in [3.05, 3.63) is 30.3 Å². The van der Waals surface area contributed by atoms with Gasteiger partial charge in [-0.15, -0.1) is 0 Å². The second-order valence-electron chi connectivity index (χ2n) is 4.05. The molecule has 4 N–H and O–H groups in total. The summed E-state index contributed by atoms with van der Waals surface area (Å²) in [5.74, 6) is -0.449. The standard InChI is InChI=1S/C13H19N3O3/c17-12(15-11-5-2-1-3-6-11)8-10-14-9-4-7-13(18)16-19/h1-3,5-6,14,19H,4,7-10H2,(H,15,17)(H,16,18). The van der Waals surface area contributed by atoms with E-state index in [4.69, 9.17) is 5.21 Å². The highest BCUT2D eigenvalue weighted by Crippen LogP contribution is 2.04. The molecule has 1 aromatic carbocycles. The first-order chi connectivity index (χ1) is 9.22. The molecule has 0 aliphatic heterocycles. The highest BCUT2D eigenvalue weighted by molar-refractivity contribution is 5.90. The van der Waals surface area contributed by atoms with Gasteiger partial charge >= 0.3 is 0 Å². The number of carbonyl (C=O) groups excluding carboxylic acids is 2. The molecule has 0 aromatic heterocycles. The van der Waals surface area contributed by atoms with Gasteiger partial charge < -0.3 is 10.6 Å². The highest BCUT2D eigenvalue weighted by atomic mass is 16.5. The molecule has 6 nitrogen and oxygen atoms in total. The maximum atomic E-state index is 11.6. The first-order valence-corrected chi connectivity index (χ1v) is 6.21. The molecule has 104 valence electrons. The van der Waals surface area contributed by atoms with Crippen molar-refractivity contribution in [2.45, 2.75) is 19.3 Å². The number of rotatable bonds is 8. The van der Waals surface area contributed by atoms with Crippen LogP contribution in [-0.2, 0) is 9.59 Å². The number of nitrogens with one attached hydrogen (secondary N) is 3. The summed E-state index contributed by atoms with van der Waals surface area (Å²) in [4.78, 5) is 22.3. The molecule has 6 heteroatoms. The van der Waals surface area contributed by atoms with E-state index in [0.717, 1.165) is 5.69 Å². The smallest absolute Gasteiger partial charge is 0.243 e. The van der Waals surface area contributed by atoms with E-state index in [1.807, 2.05) is 30.3 Å². The zero-order valence-corrected chi connectivity index (χ0v) is 10.7. The second-order valence-corrected chi connectivity index (χ2v) is 4.05. The predicted octanol–water partition coefficient (Wildman–Crippen LogP) is 0.890. The molecule has 0 unspecified atom stereocenters. The third-order valence-corrected chi connectivity index (χ3v) is 2.47. The molecule has 0 saturated carbocycles. The van der Waals surface area contributed by atoms with Crippen LogP contribution in [0.4, 0.5) is 5.69 Å². The number of hydrogen-bond donors (Lipinski definition) is 4. The third kappa shape index (κ3) is 7.17. The summed E-state index contributed by atoms with van der Waals surface area (Å²) in [5, 5.41) is 14.1. The number of hydrogen-bond acceptors (Lipinski definition) is 4. The Morgan fingerprint density at radius 3 is 2.42 bits per heavy atom. The Labute approximate surface area is 112 Å². The maximum Gasteiger partial charge on any atom is 0.243 e. The minimum absolute atomic E-state index is 0.0493. The van der Waals surface area contributed by atoms with E-state index in [2.05, 4.69) is 10.6 Å². The molecule has 0 aliphatic carbocycles. The topological polar surface area (TPSA) is 90.5 Å². The number of para-hydroxylation sites is 1. The Morgan fingerprint density at radius 2 is 1.74 bits per heavy atom. The number of anilines is 1. The van der Waals surface area contributed by atoms with Crippen molar-refractivity contribution in [3.63, 3.8) is 0 Å². The molecule has 0 radical (unpaired) electrons. The second kappa shape index (κ2) is 9.07. The van der Waals surface area contributed by atoms with E-state index in [1.165, 1.54) is 0 Å². The first kappa shape index (κ1) is 15.1. The van der Waals surface area contributed by atoms with Gasteiger partial charge in [-0.2, -0.15) is 0 Å². The highest BCUT2D eigenvalue weighted by Gasteiger charge is 2.02. The summed E-state index contributed by atoms with van der Waals surface area (Å²) >= 11 is 0. The fourth-order valence-corrected chi connectivity index (χ4v) is 1.50. The van der Waals surface area contributed by atoms with Crippen LogP contribution in [0.25, 0.3) is 0 Å². The van der Waals surface area contributed by atoms with Crippen LogP contribution in [0.5, 0.6) is 0 Å². The molecule has 1 rings (SSSR count). The van der Waals surface area contributed by atoms with Crippen LogP contribution in [-0.4, -0.2) is 30.1 Å². The quantitative estimate of drug-likeness (QED) is 0.319. The van der Waals surface area contributed by atoms with Gasteiger partial charge in [0.15, 0.2) is 0 Å². The minimum atomic E-state index is -0.399. The average molecular weight is 265 g/mol. The Balaban J connectivity index is 2.03. The summed E-state index contributed by atoms with van der Waals surface area (Å²) in [6.07, 6.45) is 1.26. The number of hydroxylamine groups is 1. The van der Waals surface area contributed by atoms with Crippen molar-refractivity contribution < 1.29 is 14.8 Å². The minimum Gasteiger partial charge on any atom is -0.326 e. The van der Waals surface area contributed by atoms with E-state index in [1.54, 1.807) is 5.48 Å². The normalized spacial score (nSPS) is 9.95. The van der Waals surface area contributed by atoms with E-state index in [-0.39, 0.29) is 12.3 Å². The Morgan fingerprint density at radius 1 is 1.00 bits per heavy atom. The van der Waals surface area contributed by atoms with E-state index >= 15 is 0 Å². The summed E-state index contributed by atoms with van der Waals surface area (Å²) in [7, 11) is 0. The van der Waals surface area contributed by atoms with Crippen molar-refractivity contribution in [1.29, 1.82) is 0 Å². The van der Waals surface area contributed by atoms with Gasteiger partial charge in [0.25, 0.3) is 0 Å². The monoisotopic (exact) mass is 265 g/mol. The summed E-state index contributed by atoms with van der Waals surface area (Å²) in [6, 6.07) is 9.28. The Kier molecular flexibility index (Phi) is 7.23. The molecule has 0 atom stereocenters. The van der Waals surface area contributed by atoms with Gasteiger partial charge in [-0.05, 0) is 25.1 Å². The zero-order chi connectivity index (χ0) is 13.9. The fraction of sp³-hybridized carbons (Fsp3) is 0.385. The van der Waals surface area contributed by atoms with Gasteiger partial charge in [0, 0.05) is 25.1 Å². The summed E-state index contributed by atoms with van der Waals surface area (Å²) in [5.41, 5.74) is 2.35. The van der Waals surface area contributed by atoms with E-state index in [9.17, 15) is 9.59 Å². The van der Waals surface area contributed by atoms with E-state index in [0.29, 0.717) is 25.9 Å². The van der Waals surface area contributed by atoms with Crippen molar-refractivity contribution in [1.82, 2.24) is 10.8 Å². The van der Waals surface area contributed by atoms with Gasteiger partial charge in [0.05, 0.1) is 0 Å². The van der Waals surface area contributed by atoms with Crippen LogP contribution in [0.1, 0.15) is 19.3 Å². The molecule has 0 aliphatic rings.